The lowest BCUT2D eigenvalue weighted by atomic mass is 9.43. The first-order valence-corrected chi connectivity index (χ1v) is 28.0. The molecule has 7 heteroatoms. The predicted octanol–water partition coefficient (Wildman–Crippen LogP) is 13.2. The summed E-state index contributed by atoms with van der Waals surface area (Å²) in [6.45, 7) is 24.6. The molecule has 0 aromatic carbocycles. The molecule has 0 radical (unpaired) electrons. The molecule has 8 aliphatic rings. The van der Waals surface area contributed by atoms with Crippen molar-refractivity contribution in [2.75, 3.05) is 0 Å². The fourth-order valence-electron chi connectivity index (χ4n) is 19.1. The molecule has 0 bridgehead atoms. The monoisotopic (exact) mass is 871 g/mol. The van der Waals surface area contributed by atoms with Crippen molar-refractivity contribution in [3.8, 4) is 0 Å². The van der Waals surface area contributed by atoms with Crippen molar-refractivity contribution >= 4 is 10.4 Å². The lowest BCUT2D eigenvalue weighted by molar-refractivity contribution is -0.176. The molecular formula is C54H94O6S. The van der Waals surface area contributed by atoms with E-state index in [1.54, 1.807) is 0 Å². The zero-order chi connectivity index (χ0) is 43.9. The number of aliphatic hydroxyl groups excluding tert-OH is 2. The molecule has 0 amide bonds. The quantitative estimate of drug-likeness (QED) is 0.181. The first kappa shape index (κ1) is 47.3. The SMILES string of the molecule is CC(C)CCC[C@@H](C)[C@H]1CC[C@H]2[C@@H]3C[C@H](OS(=O)(=O)O[C@H]4C[C@@H]5[C@H](CC[C@]6(C)[C@@H]([C@H](C)CCCC(C)C)CC[C@@H]56)[C@@]5(C)CC[C@H](O)C[C@H]45)[C@H]4C[C@@H](O)CC[C@]4(C)[C@H]3CC[C@]12C. The highest BCUT2D eigenvalue weighted by molar-refractivity contribution is 7.81. The summed E-state index contributed by atoms with van der Waals surface area (Å²) in [6, 6.07) is 0. The van der Waals surface area contributed by atoms with Gasteiger partial charge in [-0.3, -0.25) is 0 Å². The van der Waals surface area contributed by atoms with Gasteiger partial charge in [-0.2, -0.15) is 8.42 Å². The van der Waals surface area contributed by atoms with Gasteiger partial charge < -0.3 is 10.2 Å². The Morgan fingerprint density at radius 2 is 0.836 bits per heavy atom. The molecule has 8 saturated carbocycles. The van der Waals surface area contributed by atoms with Gasteiger partial charge in [-0.25, -0.2) is 8.37 Å². The zero-order valence-corrected chi connectivity index (χ0v) is 41.7. The molecule has 20 atom stereocenters. The lowest BCUT2D eigenvalue weighted by Crippen LogP contribution is -2.60. The van der Waals surface area contributed by atoms with Gasteiger partial charge in [-0.05, 0) is 207 Å². The number of hydrogen-bond acceptors (Lipinski definition) is 6. The zero-order valence-electron chi connectivity index (χ0n) is 40.9. The third-order valence-corrected chi connectivity index (χ3v) is 23.1. The van der Waals surface area contributed by atoms with Gasteiger partial charge >= 0.3 is 10.4 Å². The molecule has 352 valence electrons. The Hall–Kier alpha value is -0.210. The van der Waals surface area contributed by atoms with Crippen LogP contribution in [0.4, 0.5) is 0 Å². The van der Waals surface area contributed by atoms with Gasteiger partial charge in [0.05, 0.1) is 24.4 Å². The molecular weight excluding hydrogens is 777 g/mol. The van der Waals surface area contributed by atoms with Gasteiger partial charge in [-0.1, -0.05) is 108 Å². The van der Waals surface area contributed by atoms with Gasteiger partial charge in [0, 0.05) is 0 Å². The first-order valence-electron chi connectivity index (χ1n) is 26.7. The normalized spacial score (nSPS) is 49.3. The minimum Gasteiger partial charge on any atom is -0.393 e. The van der Waals surface area contributed by atoms with E-state index in [0.29, 0.717) is 59.2 Å². The second-order valence-corrected chi connectivity index (χ2v) is 27.2. The Kier molecular flexibility index (Phi) is 13.8. The van der Waals surface area contributed by atoms with Crippen LogP contribution in [0.2, 0.25) is 0 Å². The Labute approximate surface area is 375 Å². The maximum absolute atomic E-state index is 14.8. The Bertz CT molecular complexity index is 1500. The molecule has 0 unspecified atom stereocenters. The van der Waals surface area contributed by atoms with Crippen LogP contribution in [0.3, 0.4) is 0 Å². The standard InChI is InChI=1S/C54H94O6S/c1-33(2)13-11-15-35(5)41-17-19-43-39-31-49(47-29-37(55)21-25-53(47,9)45(39)23-27-51(41,43)7)59-61(57,58)60-50-32-40-44-20-18-42(36(6)16-12-14-34(3)4)52(44,8)28-24-46(40)54(10)26-22-38(56)30-48(50)54/h33-50,55-56H,11-32H2,1-10H3/t35-,36-,37+,38+,39+,40+,41-,42-,43+,44+,45+,46+,47-,48-,49+,50+,51-,52-,53-,54-/m1/s1. The summed E-state index contributed by atoms with van der Waals surface area (Å²) in [5, 5.41) is 22.3. The molecule has 6 nitrogen and oxygen atoms in total. The van der Waals surface area contributed by atoms with Crippen molar-refractivity contribution in [1.29, 1.82) is 0 Å². The highest BCUT2D eigenvalue weighted by Crippen LogP contribution is 2.71. The Morgan fingerprint density at radius 1 is 0.475 bits per heavy atom. The van der Waals surface area contributed by atoms with E-state index in [9.17, 15) is 18.6 Å². The van der Waals surface area contributed by atoms with E-state index in [1.807, 2.05) is 0 Å². The second kappa shape index (κ2) is 17.8. The van der Waals surface area contributed by atoms with Crippen LogP contribution in [-0.2, 0) is 18.8 Å². The lowest BCUT2D eigenvalue weighted by Gasteiger charge is -2.63. The van der Waals surface area contributed by atoms with Gasteiger partial charge in [0.1, 0.15) is 0 Å². The minimum absolute atomic E-state index is 0.00175. The first-order chi connectivity index (χ1) is 28.7. The highest BCUT2D eigenvalue weighted by atomic mass is 32.3. The summed E-state index contributed by atoms with van der Waals surface area (Å²) >= 11 is 0. The van der Waals surface area contributed by atoms with E-state index in [2.05, 4.69) is 69.2 Å². The number of hydrogen-bond donors (Lipinski definition) is 2. The topological polar surface area (TPSA) is 93.1 Å². The molecule has 0 aromatic rings. The summed E-state index contributed by atoms with van der Waals surface area (Å²) in [7, 11) is -4.37. The molecule has 0 aliphatic heterocycles. The van der Waals surface area contributed by atoms with Crippen LogP contribution >= 0.6 is 0 Å². The highest BCUT2D eigenvalue weighted by Gasteiger charge is 2.65. The van der Waals surface area contributed by atoms with E-state index in [4.69, 9.17) is 8.37 Å². The van der Waals surface area contributed by atoms with Crippen LogP contribution < -0.4 is 0 Å². The van der Waals surface area contributed by atoms with Crippen molar-refractivity contribution in [3.05, 3.63) is 0 Å². The Morgan fingerprint density at radius 3 is 1.21 bits per heavy atom. The van der Waals surface area contributed by atoms with Crippen LogP contribution in [0.25, 0.3) is 0 Å². The molecule has 2 N–H and O–H groups in total. The maximum Gasteiger partial charge on any atom is 0.400 e. The van der Waals surface area contributed by atoms with Crippen molar-refractivity contribution in [2.24, 2.45) is 105 Å². The molecule has 8 rings (SSSR count). The van der Waals surface area contributed by atoms with E-state index in [0.717, 1.165) is 74.0 Å². The third-order valence-electron chi connectivity index (χ3n) is 22.1. The summed E-state index contributed by atoms with van der Waals surface area (Å²) in [4.78, 5) is 0. The maximum atomic E-state index is 14.8. The van der Waals surface area contributed by atoms with Crippen LogP contribution in [0, 0.1) is 105 Å². The van der Waals surface area contributed by atoms with Gasteiger partial charge in [0.2, 0.25) is 0 Å². The Balaban J connectivity index is 1.02. The second-order valence-electron chi connectivity index (χ2n) is 26.0. The van der Waals surface area contributed by atoms with E-state index in [1.165, 1.54) is 89.9 Å². The van der Waals surface area contributed by atoms with E-state index < -0.39 is 34.8 Å². The van der Waals surface area contributed by atoms with Crippen LogP contribution in [0.5, 0.6) is 0 Å². The largest absolute Gasteiger partial charge is 0.400 e. The van der Waals surface area contributed by atoms with Crippen molar-refractivity contribution in [3.63, 3.8) is 0 Å². The molecule has 0 aromatic heterocycles. The smallest absolute Gasteiger partial charge is 0.393 e. The molecule has 0 saturated heterocycles. The number of fused-ring (bicyclic) bond motifs is 10. The van der Waals surface area contributed by atoms with E-state index >= 15 is 0 Å². The molecule has 61 heavy (non-hydrogen) atoms. The minimum atomic E-state index is -4.37. The summed E-state index contributed by atoms with van der Waals surface area (Å²) < 4.78 is 42.8. The third kappa shape index (κ3) is 8.67. The van der Waals surface area contributed by atoms with Crippen molar-refractivity contribution in [1.82, 2.24) is 0 Å². The van der Waals surface area contributed by atoms with E-state index in [-0.39, 0.29) is 22.7 Å². The average Bonchev–Trinajstić information content (AvgIpc) is 3.72. The van der Waals surface area contributed by atoms with Crippen LogP contribution in [0.15, 0.2) is 0 Å². The van der Waals surface area contributed by atoms with Gasteiger partial charge in [0.15, 0.2) is 0 Å². The fourth-order valence-corrected chi connectivity index (χ4v) is 20.2. The molecule has 8 aliphatic carbocycles. The molecule has 8 fully saturated rings. The van der Waals surface area contributed by atoms with Crippen molar-refractivity contribution < 1.29 is 27.0 Å². The van der Waals surface area contributed by atoms with Gasteiger partial charge in [-0.15, -0.1) is 0 Å². The average molecular weight is 871 g/mol. The summed E-state index contributed by atoms with van der Waals surface area (Å²) in [6.07, 6.45) is 22.5. The predicted molar refractivity (Wildman–Crippen MR) is 248 cm³/mol. The number of rotatable bonds is 14. The van der Waals surface area contributed by atoms with Crippen LogP contribution in [0.1, 0.15) is 210 Å². The van der Waals surface area contributed by atoms with Crippen molar-refractivity contribution in [2.45, 2.75) is 235 Å². The molecule has 0 heterocycles. The number of aliphatic hydroxyl groups is 2. The van der Waals surface area contributed by atoms with Crippen LogP contribution in [-0.4, -0.2) is 43.0 Å². The fraction of sp³-hybridized carbons (Fsp3) is 1.00. The molecule has 0 spiro atoms. The summed E-state index contributed by atoms with van der Waals surface area (Å²) in [5.74, 6) is 7.60. The summed E-state index contributed by atoms with van der Waals surface area (Å²) in [5.41, 5.74) is 0.485. The van der Waals surface area contributed by atoms with Gasteiger partial charge in [0.25, 0.3) is 0 Å².